The van der Waals surface area contributed by atoms with Gasteiger partial charge in [-0.25, -0.2) is 4.79 Å². The minimum Gasteiger partial charge on any atom is -0.423 e. The molecule has 0 fully saturated rings. The smallest absolute Gasteiger partial charge is 0.423 e. The lowest BCUT2D eigenvalue weighted by Crippen LogP contribution is -2.30. The van der Waals surface area contributed by atoms with Crippen molar-refractivity contribution in [1.82, 2.24) is 0 Å². The molecule has 0 bridgehead atoms. The van der Waals surface area contributed by atoms with Gasteiger partial charge in [0.1, 0.15) is 0 Å². The Labute approximate surface area is 81.7 Å². The van der Waals surface area contributed by atoms with E-state index in [1.54, 1.807) is 19.1 Å². The lowest BCUT2D eigenvalue weighted by Gasteiger charge is -2.08. The molecule has 0 atom stereocenters. The van der Waals surface area contributed by atoms with Crippen LogP contribution in [0.5, 0.6) is 0 Å². The molecular formula is C8H11BN2O3. The van der Waals surface area contributed by atoms with Gasteiger partial charge in [0.05, 0.1) is 0 Å². The summed E-state index contributed by atoms with van der Waals surface area (Å²) in [5.41, 5.74) is 6.52. The van der Waals surface area contributed by atoms with E-state index in [2.05, 4.69) is 5.32 Å². The second kappa shape index (κ2) is 4.12. The van der Waals surface area contributed by atoms with Crippen molar-refractivity contribution in [2.24, 2.45) is 5.73 Å². The van der Waals surface area contributed by atoms with Crippen molar-refractivity contribution in [1.29, 1.82) is 0 Å². The SMILES string of the molecule is Cc1ccc(B(O)O)cc1NC(N)=O. The monoisotopic (exact) mass is 194 g/mol. The fourth-order valence-corrected chi connectivity index (χ4v) is 1.07. The molecular weight excluding hydrogens is 183 g/mol. The summed E-state index contributed by atoms with van der Waals surface area (Å²) in [6.07, 6.45) is 0. The molecule has 2 amide bonds. The van der Waals surface area contributed by atoms with Gasteiger partial charge in [0.25, 0.3) is 0 Å². The highest BCUT2D eigenvalue weighted by atomic mass is 16.4. The lowest BCUT2D eigenvalue weighted by molar-refractivity contribution is 0.259. The van der Waals surface area contributed by atoms with Crippen molar-refractivity contribution in [2.75, 3.05) is 5.32 Å². The Morgan fingerprint density at radius 3 is 2.64 bits per heavy atom. The van der Waals surface area contributed by atoms with Gasteiger partial charge < -0.3 is 21.1 Å². The molecule has 0 unspecified atom stereocenters. The van der Waals surface area contributed by atoms with E-state index < -0.39 is 13.1 Å². The topological polar surface area (TPSA) is 95.6 Å². The van der Waals surface area contributed by atoms with E-state index in [9.17, 15) is 4.79 Å². The molecule has 0 aromatic heterocycles. The molecule has 5 nitrogen and oxygen atoms in total. The number of anilines is 1. The van der Waals surface area contributed by atoms with E-state index in [0.717, 1.165) is 5.56 Å². The molecule has 0 aliphatic carbocycles. The van der Waals surface area contributed by atoms with Gasteiger partial charge in [-0.3, -0.25) is 0 Å². The average molecular weight is 194 g/mol. The van der Waals surface area contributed by atoms with Crippen LogP contribution in [0.15, 0.2) is 18.2 Å². The summed E-state index contributed by atoms with van der Waals surface area (Å²) in [4.78, 5) is 10.6. The number of rotatable bonds is 2. The Balaban J connectivity index is 3.02. The molecule has 0 heterocycles. The number of nitrogens with two attached hydrogens (primary N) is 1. The normalized spacial score (nSPS) is 9.64. The number of carbonyl (C=O) groups excluding carboxylic acids is 1. The van der Waals surface area contributed by atoms with Crippen LogP contribution in [0.2, 0.25) is 0 Å². The summed E-state index contributed by atoms with van der Waals surface area (Å²) in [7, 11) is -1.55. The third kappa shape index (κ3) is 2.48. The summed E-state index contributed by atoms with van der Waals surface area (Å²) in [6.45, 7) is 1.78. The molecule has 0 saturated heterocycles. The predicted molar refractivity (Wildman–Crippen MR) is 54.2 cm³/mol. The number of carbonyl (C=O) groups is 1. The maximum atomic E-state index is 10.6. The molecule has 0 aliphatic heterocycles. The quantitative estimate of drug-likeness (QED) is 0.462. The van der Waals surface area contributed by atoms with E-state index in [-0.39, 0.29) is 0 Å². The Kier molecular flexibility index (Phi) is 3.11. The van der Waals surface area contributed by atoms with Crippen molar-refractivity contribution in [3.8, 4) is 0 Å². The molecule has 5 N–H and O–H groups in total. The zero-order chi connectivity index (χ0) is 10.7. The van der Waals surface area contributed by atoms with Gasteiger partial charge in [-0.2, -0.15) is 0 Å². The number of hydrogen-bond acceptors (Lipinski definition) is 3. The van der Waals surface area contributed by atoms with E-state index in [4.69, 9.17) is 15.8 Å². The van der Waals surface area contributed by atoms with Crippen molar-refractivity contribution < 1.29 is 14.8 Å². The molecule has 0 saturated carbocycles. The lowest BCUT2D eigenvalue weighted by atomic mass is 9.79. The minimum absolute atomic E-state index is 0.305. The number of amides is 2. The number of aryl methyl sites for hydroxylation is 1. The summed E-state index contributed by atoms with van der Waals surface area (Å²) in [5, 5.41) is 20.2. The van der Waals surface area contributed by atoms with Crippen LogP contribution in [-0.2, 0) is 0 Å². The third-order valence-electron chi connectivity index (χ3n) is 1.82. The standard InChI is InChI=1S/C8H11BN2O3/c1-5-2-3-6(9(13)14)4-7(5)11-8(10)12/h2-4,13-14H,1H3,(H3,10,11,12). The van der Waals surface area contributed by atoms with Crippen LogP contribution in [0, 0.1) is 6.92 Å². The first-order valence-electron chi connectivity index (χ1n) is 4.04. The van der Waals surface area contributed by atoms with Crippen LogP contribution in [0.3, 0.4) is 0 Å². The second-order valence-electron chi connectivity index (χ2n) is 2.94. The van der Waals surface area contributed by atoms with Crippen molar-refractivity contribution >= 4 is 24.3 Å². The fourth-order valence-electron chi connectivity index (χ4n) is 1.07. The third-order valence-corrected chi connectivity index (χ3v) is 1.82. The van der Waals surface area contributed by atoms with Crippen LogP contribution in [-0.4, -0.2) is 23.2 Å². The molecule has 0 radical (unpaired) electrons. The van der Waals surface area contributed by atoms with Gasteiger partial charge in [-0.05, 0) is 24.0 Å². The van der Waals surface area contributed by atoms with Gasteiger partial charge in [-0.1, -0.05) is 12.1 Å². The molecule has 14 heavy (non-hydrogen) atoms. The maximum Gasteiger partial charge on any atom is 0.488 e. The van der Waals surface area contributed by atoms with Crippen molar-refractivity contribution in [3.05, 3.63) is 23.8 Å². The molecule has 1 aromatic rings. The molecule has 1 aromatic carbocycles. The van der Waals surface area contributed by atoms with Crippen LogP contribution in [0.25, 0.3) is 0 Å². The van der Waals surface area contributed by atoms with E-state index in [1.165, 1.54) is 6.07 Å². The van der Waals surface area contributed by atoms with Gasteiger partial charge in [0.2, 0.25) is 0 Å². The maximum absolute atomic E-state index is 10.6. The van der Waals surface area contributed by atoms with E-state index >= 15 is 0 Å². The largest absolute Gasteiger partial charge is 0.488 e. The Hall–Kier alpha value is -1.53. The number of urea groups is 1. The highest BCUT2D eigenvalue weighted by Crippen LogP contribution is 2.11. The summed E-state index contributed by atoms with van der Waals surface area (Å²) >= 11 is 0. The molecule has 6 heteroatoms. The number of nitrogens with one attached hydrogen (secondary N) is 1. The number of benzene rings is 1. The van der Waals surface area contributed by atoms with Crippen LogP contribution in [0.4, 0.5) is 10.5 Å². The molecule has 0 spiro atoms. The van der Waals surface area contributed by atoms with E-state index in [1.807, 2.05) is 0 Å². The Morgan fingerprint density at radius 2 is 2.14 bits per heavy atom. The van der Waals surface area contributed by atoms with Crippen molar-refractivity contribution in [2.45, 2.75) is 6.92 Å². The first-order chi connectivity index (χ1) is 6.50. The highest BCUT2D eigenvalue weighted by Gasteiger charge is 2.12. The van der Waals surface area contributed by atoms with Crippen LogP contribution >= 0.6 is 0 Å². The fraction of sp³-hybridized carbons (Fsp3) is 0.125. The van der Waals surface area contributed by atoms with Gasteiger partial charge in [-0.15, -0.1) is 0 Å². The predicted octanol–water partition coefficient (Wildman–Crippen LogP) is -0.835. The molecule has 74 valence electrons. The van der Waals surface area contributed by atoms with E-state index in [0.29, 0.717) is 11.2 Å². The molecule has 0 aliphatic rings. The Morgan fingerprint density at radius 1 is 1.50 bits per heavy atom. The summed E-state index contributed by atoms with van der Waals surface area (Å²) in [6, 6.07) is 4.01. The Bertz CT molecular complexity index is 354. The van der Waals surface area contributed by atoms with Gasteiger partial charge in [0, 0.05) is 5.69 Å². The van der Waals surface area contributed by atoms with Crippen LogP contribution in [0.1, 0.15) is 5.56 Å². The molecule has 1 rings (SSSR count). The number of hydrogen-bond donors (Lipinski definition) is 4. The zero-order valence-corrected chi connectivity index (χ0v) is 7.69. The zero-order valence-electron chi connectivity index (χ0n) is 7.69. The first-order valence-corrected chi connectivity index (χ1v) is 4.04. The summed E-state index contributed by atoms with van der Waals surface area (Å²) in [5.74, 6) is 0. The van der Waals surface area contributed by atoms with Gasteiger partial charge >= 0.3 is 13.1 Å². The van der Waals surface area contributed by atoms with Gasteiger partial charge in [0.15, 0.2) is 0 Å². The van der Waals surface area contributed by atoms with Crippen LogP contribution < -0.4 is 16.5 Å². The first kappa shape index (κ1) is 10.6. The minimum atomic E-state index is -1.55. The number of primary amides is 1. The van der Waals surface area contributed by atoms with Crippen molar-refractivity contribution in [3.63, 3.8) is 0 Å². The highest BCUT2D eigenvalue weighted by molar-refractivity contribution is 6.58. The second-order valence-corrected chi connectivity index (χ2v) is 2.94. The summed E-state index contributed by atoms with van der Waals surface area (Å²) < 4.78 is 0. The average Bonchev–Trinajstić information content (AvgIpc) is 2.07.